The Morgan fingerprint density at radius 1 is 0.290 bits per heavy atom. The van der Waals surface area contributed by atoms with E-state index in [2.05, 4.69) is 179 Å². The van der Waals surface area contributed by atoms with Crippen LogP contribution in [0.15, 0.2) is 237 Å². The first-order chi connectivity index (χ1) is 30.7. The second kappa shape index (κ2) is 16.0. The summed E-state index contributed by atoms with van der Waals surface area (Å²) in [5.41, 5.74) is 14.1. The summed E-state index contributed by atoms with van der Waals surface area (Å²) in [4.78, 5) is 17.6. The summed E-state index contributed by atoms with van der Waals surface area (Å²) in [6, 6.07) is 82.9. The lowest BCUT2D eigenvalue weighted by Crippen LogP contribution is -2.15. The maximum absolute atomic E-state index is 5.22. The zero-order valence-electron chi connectivity index (χ0n) is 33.8. The lowest BCUT2D eigenvalue weighted by molar-refractivity contribution is 1.02. The van der Waals surface area contributed by atoms with Gasteiger partial charge in [0.25, 0.3) is 0 Å². The van der Waals surface area contributed by atoms with E-state index in [1.165, 1.54) is 16.7 Å². The van der Waals surface area contributed by atoms with Crippen LogP contribution >= 0.6 is 0 Å². The molecule has 0 amide bonds. The average Bonchev–Trinajstić information content (AvgIpc) is 3.69. The van der Waals surface area contributed by atoms with E-state index in [1.807, 2.05) is 66.7 Å². The minimum atomic E-state index is 0.527. The Morgan fingerprint density at radius 2 is 0.726 bits per heavy atom. The van der Waals surface area contributed by atoms with Crippen LogP contribution in [0, 0.1) is 0 Å². The molecule has 11 aromatic rings. The number of para-hydroxylation sites is 1. The summed E-state index contributed by atoms with van der Waals surface area (Å²) in [6.45, 7) is 0. The largest absolute Gasteiger partial charge is 0.309 e. The van der Waals surface area contributed by atoms with Crippen molar-refractivity contribution in [1.29, 1.82) is 0 Å². The second-order valence-corrected chi connectivity index (χ2v) is 15.3. The Hall–Kier alpha value is -8.41. The van der Waals surface area contributed by atoms with Gasteiger partial charge in [0.05, 0.1) is 11.0 Å². The molecular weight excluding hydrogens is 755 g/mol. The number of rotatable bonds is 9. The van der Waals surface area contributed by atoms with Crippen LogP contribution in [0.25, 0.3) is 83.6 Å². The highest BCUT2D eigenvalue weighted by molar-refractivity contribution is 6.10. The fourth-order valence-corrected chi connectivity index (χ4v) is 8.40. The summed E-state index contributed by atoms with van der Waals surface area (Å²) in [5.74, 6) is 1.74. The fourth-order valence-electron chi connectivity index (χ4n) is 8.40. The van der Waals surface area contributed by atoms with Crippen molar-refractivity contribution >= 4 is 39.1 Å². The van der Waals surface area contributed by atoms with Gasteiger partial charge in [0.2, 0.25) is 5.95 Å². The summed E-state index contributed by atoms with van der Waals surface area (Å²) >= 11 is 0. The van der Waals surface area contributed by atoms with E-state index in [4.69, 9.17) is 15.0 Å². The second-order valence-electron chi connectivity index (χ2n) is 15.3. The van der Waals surface area contributed by atoms with E-state index in [-0.39, 0.29) is 0 Å². The molecule has 0 radical (unpaired) electrons. The van der Waals surface area contributed by atoms with Gasteiger partial charge in [-0.1, -0.05) is 188 Å². The number of fused-ring (bicyclic) bond motifs is 3. The van der Waals surface area contributed by atoms with Crippen molar-refractivity contribution in [2.24, 2.45) is 0 Å². The molecule has 0 unspecified atom stereocenters. The minimum Gasteiger partial charge on any atom is -0.309 e. The van der Waals surface area contributed by atoms with Crippen LogP contribution in [0.2, 0.25) is 0 Å². The van der Waals surface area contributed by atoms with Crippen molar-refractivity contribution in [3.63, 3.8) is 0 Å². The molecule has 0 bridgehead atoms. The van der Waals surface area contributed by atoms with Gasteiger partial charge >= 0.3 is 0 Å². The van der Waals surface area contributed by atoms with Crippen molar-refractivity contribution < 1.29 is 0 Å². The molecule has 2 aromatic heterocycles. The minimum absolute atomic E-state index is 0.527. The molecule has 0 saturated heterocycles. The van der Waals surface area contributed by atoms with Gasteiger partial charge in [0, 0.05) is 39.0 Å². The van der Waals surface area contributed by atoms with E-state index in [0.29, 0.717) is 17.6 Å². The molecule has 0 atom stereocenters. The highest BCUT2D eigenvalue weighted by Crippen LogP contribution is 2.40. The van der Waals surface area contributed by atoms with Crippen molar-refractivity contribution in [3.05, 3.63) is 237 Å². The molecule has 0 fully saturated rings. The average molecular weight is 794 g/mol. The Kier molecular flexibility index (Phi) is 9.45. The first kappa shape index (κ1) is 36.7. The molecule has 0 N–H and O–H groups in total. The van der Waals surface area contributed by atoms with Gasteiger partial charge in [-0.25, -0.2) is 4.98 Å². The standard InChI is InChI=1S/C57H39N5/c1-5-16-40(17-6-1)42-28-30-44(31-29-42)47-24-15-25-49(38-47)62-53-27-14-13-26-51(53)52-39-50(36-37-54(52)62)61(48-34-32-43(33-35-48)41-18-7-2-8-19-41)57-59-55(45-20-9-3-10-21-45)58-56(60-57)46-22-11-4-12-23-46/h1-39H. The molecular formula is C57H39N5. The quantitative estimate of drug-likeness (QED) is 0.146. The van der Waals surface area contributed by atoms with Gasteiger partial charge < -0.3 is 4.57 Å². The Labute approximate surface area is 360 Å². The normalized spacial score (nSPS) is 11.2. The predicted molar refractivity (Wildman–Crippen MR) is 256 cm³/mol. The number of hydrogen-bond acceptors (Lipinski definition) is 4. The molecule has 5 nitrogen and oxygen atoms in total. The number of benzene rings is 9. The smallest absolute Gasteiger partial charge is 0.238 e. The van der Waals surface area contributed by atoms with Crippen LogP contribution in [-0.2, 0) is 0 Å². The highest BCUT2D eigenvalue weighted by Gasteiger charge is 2.22. The first-order valence-corrected chi connectivity index (χ1v) is 20.9. The zero-order valence-corrected chi connectivity index (χ0v) is 33.8. The van der Waals surface area contributed by atoms with Gasteiger partial charge in [-0.15, -0.1) is 0 Å². The summed E-state index contributed by atoms with van der Waals surface area (Å²) in [6.07, 6.45) is 0. The third kappa shape index (κ3) is 6.97. The van der Waals surface area contributed by atoms with Gasteiger partial charge in [-0.05, 0) is 81.9 Å². The maximum atomic E-state index is 5.22. The van der Waals surface area contributed by atoms with E-state index in [0.717, 1.165) is 66.7 Å². The molecule has 0 aliphatic carbocycles. The van der Waals surface area contributed by atoms with Crippen LogP contribution in [0.5, 0.6) is 0 Å². The number of anilines is 3. The third-order valence-corrected chi connectivity index (χ3v) is 11.5. The molecule has 62 heavy (non-hydrogen) atoms. The Morgan fingerprint density at radius 3 is 1.31 bits per heavy atom. The summed E-state index contributed by atoms with van der Waals surface area (Å²) < 4.78 is 2.37. The number of nitrogens with zero attached hydrogens (tertiary/aromatic N) is 5. The van der Waals surface area contributed by atoms with E-state index in [9.17, 15) is 0 Å². The van der Waals surface area contributed by atoms with Crippen LogP contribution in [0.3, 0.4) is 0 Å². The lowest BCUT2D eigenvalue weighted by atomic mass is 10.00. The van der Waals surface area contributed by atoms with Gasteiger partial charge in [0.1, 0.15) is 0 Å². The molecule has 292 valence electrons. The molecule has 0 saturated carbocycles. The van der Waals surface area contributed by atoms with E-state index < -0.39 is 0 Å². The van der Waals surface area contributed by atoms with Gasteiger partial charge in [0.15, 0.2) is 11.6 Å². The van der Waals surface area contributed by atoms with E-state index >= 15 is 0 Å². The summed E-state index contributed by atoms with van der Waals surface area (Å²) in [5, 5.41) is 2.29. The number of hydrogen-bond donors (Lipinski definition) is 0. The van der Waals surface area contributed by atoms with Crippen molar-refractivity contribution in [2.45, 2.75) is 0 Å². The number of aromatic nitrogens is 4. The zero-order chi connectivity index (χ0) is 41.2. The molecule has 11 rings (SSSR count). The molecule has 0 aliphatic rings. The van der Waals surface area contributed by atoms with Crippen LogP contribution in [0.1, 0.15) is 0 Å². The van der Waals surface area contributed by atoms with Crippen molar-refractivity contribution in [1.82, 2.24) is 19.5 Å². The third-order valence-electron chi connectivity index (χ3n) is 11.5. The first-order valence-electron chi connectivity index (χ1n) is 20.9. The topological polar surface area (TPSA) is 46.8 Å². The fraction of sp³-hybridized carbons (Fsp3) is 0. The van der Waals surface area contributed by atoms with E-state index in [1.54, 1.807) is 0 Å². The maximum Gasteiger partial charge on any atom is 0.238 e. The Balaban J connectivity index is 1.07. The van der Waals surface area contributed by atoms with Crippen molar-refractivity contribution in [3.8, 4) is 61.8 Å². The predicted octanol–water partition coefficient (Wildman–Crippen LogP) is 14.8. The molecule has 5 heteroatoms. The SMILES string of the molecule is c1ccc(-c2ccc(-c3cccc(-n4c5ccccc5c5cc(N(c6ccc(-c7ccccc7)cc6)c6nc(-c7ccccc7)nc(-c7ccccc7)n6)ccc54)c3)cc2)cc1. The highest BCUT2D eigenvalue weighted by atomic mass is 15.3. The molecule has 0 spiro atoms. The van der Waals surface area contributed by atoms with Gasteiger partial charge in [-0.2, -0.15) is 9.97 Å². The molecule has 0 aliphatic heterocycles. The Bertz CT molecular complexity index is 3250. The van der Waals surface area contributed by atoms with Crippen molar-refractivity contribution in [2.75, 3.05) is 4.90 Å². The monoisotopic (exact) mass is 793 g/mol. The van der Waals surface area contributed by atoms with Crippen LogP contribution in [-0.4, -0.2) is 19.5 Å². The molecule has 2 heterocycles. The summed E-state index contributed by atoms with van der Waals surface area (Å²) in [7, 11) is 0. The van der Waals surface area contributed by atoms with Crippen LogP contribution in [0.4, 0.5) is 17.3 Å². The van der Waals surface area contributed by atoms with Crippen LogP contribution < -0.4 is 4.90 Å². The molecule has 9 aromatic carbocycles. The van der Waals surface area contributed by atoms with Gasteiger partial charge in [-0.3, -0.25) is 4.90 Å². The lowest BCUT2D eigenvalue weighted by Gasteiger charge is -2.24.